The number of hydrogen-bond donors (Lipinski definition) is 2. The quantitative estimate of drug-likeness (QED) is 0.543. The van der Waals surface area contributed by atoms with E-state index in [1.807, 2.05) is 45.2 Å². The second-order valence-corrected chi connectivity index (χ2v) is 7.23. The van der Waals surface area contributed by atoms with Crippen LogP contribution < -0.4 is 10.1 Å². The number of ether oxygens (including phenoxy) is 3. The first kappa shape index (κ1) is 20.6. The maximum Gasteiger partial charge on any atom is 0.407 e. The molecule has 0 saturated heterocycles. The Morgan fingerprint density at radius 1 is 1.22 bits per heavy atom. The zero-order chi connectivity index (χ0) is 19.9. The van der Waals surface area contributed by atoms with Gasteiger partial charge in [-0.15, -0.1) is 0 Å². The van der Waals surface area contributed by atoms with Crippen molar-refractivity contribution >= 4 is 23.0 Å². The highest BCUT2D eigenvalue weighted by atomic mass is 16.6. The Labute approximate surface area is 159 Å². The molecule has 1 aromatic carbocycles. The predicted octanol–water partition coefficient (Wildman–Crippen LogP) is 3.57. The first-order valence-electron chi connectivity index (χ1n) is 9.05. The summed E-state index contributed by atoms with van der Waals surface area (Å²) in [5, 5.41) is 3.81. The average molecular weight is 376 g/mol. The van der Waals surface area contributed by atoms with Gasteiger partial charge in [0.05, 0.1) is 13.7 Å². The molecular weight excluding hydrogens is 348 g/mol. The van der Waals surface area contributed by atoms with E-state index >= 15 is 0 Å². The van der Waals surface area contributed by atoms with Crippen molar-refractivity contribution in [1.29, 1.82) is 0 Å². The van der Waals surface area contributed by atoms with Crippen molar-refractivity contribution in [2.45, 2.75) is 45.6 Å². The minimum atomic E-state index is -0.509. The van der Waals surface area contributed by atoms with Gasteiger partial charge in [0, 0.05) is 30.1 Å². The number of rotatable bonds is 8. The third-order valence-corrected chi connectivity index (χ3v) is 3.82. The topological polar surface area (TPSA) is 89.7 Å². The lowest BCUT2D eigenvalue weighted by molar-refractivity contribution is -0.140. The van der Waals surface area contributed by atoms with Gasteiger partial charge in [0.15, 0.2) is 0 Å². The van der Waals surface area contributed by atoms with Crippen LogP contribution in [-0.2, 0) is 20.7 Å². The molecule has 0 aliphatic carbocycles. The number of amides is 1. The fraction of sp³-hybridized carbons (Fsp3) is 0.500. The summed E-state index contributed by atoms with van der Waals surface area (Å²) in [6.45, 7) is 6.42. The first-order valence-corrected chi connectivity index (χ1v) is 9.05. The lowest BCUT2D eigenvalue weighted by Crippen LogP contribution is -2.33. The van der Waals surface area contributed by atoms with Crippen molar-refractivity contribution in [3.05, 3.63) is 30.0 Å². The molecule has 0 bridgehead atoms. The molecule has 2 N–H and O–H groups in total. The molecule has 0 aliphatic heterocycles. The second-order valence-electron chi connectivity index (χ2n) is 7.23. The molecule has 0 radical (unpaired) electrons. The van der Waals surface area contributed by atoms with Gasteiger partial charge in [0.2, 0.25) is 0 Å². The van der Waals surface area contributed by atoms with Gasteiger partial charge < -0.3 is 24.5 Å². The molecule has 7 heteroatoms. The molecule has 7 nitrogen and oxygen atoms in total. The molecule has 2 aromatic rings. The number of fused-ring (bicyclic) bond motifs is 1. The number of methoxy groups -OCH3 is 1. The number of benzene rings is 1. The molecule has 2 rings (SSSR count). The van der Waals surface area contributed by atoms with Gasteiger partial charge in [-0.2, -0.15) is 0 Å². The molecule has 1 aromatic heterocycles. The van der Waals surface area contributed by atoms with Crippen LogP contribution >= 0.6 is 0 Å². The zero-order valence-electron chi connectivity index (χ0n) is 16.4. The van der Waals surface area contributed by atoms with Crippen LogP contribution in [0.1, 0.15) is 39.2 Å². The van der Waals surface area contributed by atoms with Crippen molar-refractivity contribution < 1.29 is 23.8 Å². The van der Waals surface area contributed by atoms with E-state index in [1.54, 1.807) is 0 Å². The Hall–Kier alpha value is -2.70. The van der Waals surface area contributed by atoms with E-state index < -0.39 is 11.7 Å². The van der Waals surface area contributed by atoms with Gasteiger partial charge in [0.25, 0.3) is 0 Å². The Kier molecular flexibility index (Phi) is 7.10. The first-order chi connectivity index (χ1) is 12.8. The van der Waals surface area contributed by atoms with Crippen molar-refractivity contribution in [1.82, 2.24) is 10.3 Å². The number of H-pyrrole nitrogens is 1. The SMILES string of the molecule is COC(=O)CCCOc1ccc2[nH]cc(CCNC(=O)OC(C)(C)C)c2c1. The third-order valence-electron chi connectivity index (χ3n) is 3.82. The van der Waals surface area contributed by atoms with Gasteiger partial charge in [-0.05, 0) is 57.4 Å². The number of alkyl carbamates (subject to hydrolysis) is 1. The predicted molar refractivity (Wildman–Crippen MR) is 103 cm³/mol. The van der Waals surface area contributed by atoms with Crippen LogP contribution in [0.3, 0.4) is 0 Å². The van der Waals surface area contributed by atoms with Crippen LogP contribution in [-0.4, -0.2) is 42.9 Å². The Morgan fingerprint density at radius 3 is 2.70 bits per heavy atom. The van der Waals surface area contributed by atoms with E-state index in [9.17, 15) is 9.59 Å². The number of hydrogen-bond acceptors (Lipinski definition) is 5. The summed E-state index contributed by atoms with van der Waals surface area (Å²) in [6.07, 6.45) is 3.12. The Bertz CT molecular complexity index is 776. The summed E-state index contributed by atoms with van der Waals surface area (Å²) in [6, 6.07) is 5.81. The van der Waals surface area contributed by atoms with E-state index in [0.29, 0.717) is 32.4 Å². The summed E-state index contributed by atoms with van der Waals surface area (Å²) in [4.78, 5) is 26.1. The van der Waals surface area contributed by atoms with Crippen molar-refractivity contribution in [3.63, 3.8) is 0 Å². The third kappa shape index (κ3) is 6.84. The lowest BCUT2D eigenvalue weighted by atomic mass is 10.1. The highest BCUT2D eigenvalue weighted by molar-refractivity contribution is 5.84. The molecule has 0 unspecified atom stereocenters. The van der Waals surface area contributed by atoms with Crippen molar-refractivity contribution in [2.75, 3.05) is 20.3 Å². The second kappa shape index (κ2) is 9.30. The van der Waals surface area contributed by atoms with E-state index in [4.69, 9.17) is 9.47 Å². The summed E-state index contributed by atoms with van der Waals surface area (Å²) in [5.41, 5.74) is 1.58. The number of carbonyl (C=O) groups is 2. The number of nitrogens with one attached hydrogen (secondary N) is 2. The van der Waals surface area contributed by atoms with Crippen LogP contribution in [0.2, 0.25) is 0 Å². The molecule has 0 saturated carbocycles. The summed E-state index contributed by atoms with van der Waals surface area (Å²) in [5.74, 6) is 0.507. The standard InChI is InChI=1S/C20H28N2O5/c1-20(2,3)27-19(24)21-10-9-14-13-22-17-8-7-15(12-16(14)17)26-11-5-6-18(23)25-4/h7-8,12-13,22H,5-6,9-11H2,1-4H3,(H,21,24). The average Bonchev–Trinajstić information content (AvgIpc) is 2.99. The minimum Gasteiger partial charge on any atom is -0.494 e. The Morgan fingerprint density at radius 2 is 2.00 bits per heavy atom. The Balaban J connectivity index is 1.88. The fourth-order valence-corrected chi connectivity index (χ4v) is 2.58. The maximum absolute atomic E-state index is 11.7. The van der Waals surface area contributed by atoms with Gasteiger partial charge in [-0.3, -0.25) is 4.79 Å². The molecule has 1 heterocycles. The smallest absolute Gasteiger partial charge is 0.407 e. The fourth-order valence-electron chi connectivity index (χ4n) is 2.58. The molecule has 0 atom stereocenters. The van der Waals surface area contributed by atoms with Crippen LogP contribution in [0.25, 0.3) is 10.9 Å². The van der Waals surface area contributed by atoms with Gasteiger partial charge >= 0.3 is 12.1 Å². The monoisotopic (exact) mass is 376 g/mol. The number of carbonyl (C=O) groups excluding carboxylic acids is 2. The van der Waals surface area contributed by atoms with Crippen LogP contribution in [0, 0.1) is 0 Å². The summed E-state index contributed by atoms with van der Waals surface area (Å²) < 4.78 is 15.6. The molecule has 1 amide bonds. The van der Waals surface area contributed by atoms with Gasteiger partial charge in [-0.1, -0.05) is 0 Å². The van der Waals surface area contributed by atoms with Crippen LogP contribution in [0.4, 0.5) is 4.79 Å². The number of esters is 1. The molecule has 0 spiro atoms. The molecular formula is C20H28N2O5. The van der Waals surface area contributed by atoms with Gasteiger partial charge in [0.1, 0.15) is 11.4 Å². The lowest BCUT2D eigenvalue weighted by Gasteiger charge is -2.19. The highest BCUT2D eigenvalue weighted by Crippen LogP contribution is 2.24. The number of aromatic nitrogens is 1. The minimum absolute atomic E-state index is 0.237. The van der Waals surface area contributed by atoms with Crippen LogP contribution in [0.15, 0.2) is 24.4 Å². The van der Waals surface area contributed by atoms with E-state index in [0.717, 1.165) is 22.2 Å². The van der Waals surface area contributed by atoms with Crippen molar-refractivity contribution in [2.24, 2.45) is 0 Å². The normalized spacial score (nSPS) is 11.3. The summed E-state index contributed by atoms with van der Waals surface area (Å²) in [7, 11) is 1.38. The summed E-state index contributed by atoms with van der Waals surface area (Å²) >= 11 is 0. The zero-order valence-corrected chi connectivity index (χ0v) is 16.4. The molecule has 0 aliphatic rings. The van der Waals surface area contributed by atoms with E-state index in [1.165, 1.54) is 7.11 Å². The van der Waals surface area contributed by atoms with Crippen LogP contribution in [0.5, 0.6) is 5.75 Å². The highest BCUT2D eigenvalue weighted by Gasteiger charge is 2.15. The van der Waals surface area contributed by atoms with Crippen molar-refractivity contribution in [3.8, 4) is 5.75 Å². The number of aromatic amines is 1. The molecule has 0 fully saturated rings. The largest absolute Gasteiger partial charge is 0.494 e. The molecule has 148 valence electrons. The molecule has 27 heavy (non-hydrogen) atoms. The van der Waals surface area contributed by atoms with E-state index in [-0.39, 0.29) is 5.97 Å². The van der Waals surface area contributed by atoms with E-state index in [2.05, 4.69) is 15.0 Å². The van der Waals surface area contributed by atoms with Gasteiger partial charge in [-0.25, -0.2) is 4.79 Å². The maximum atomic E-state index is 11.7.